The Morgan fingerprint density at radius 2 is 1.84 bits per heavy atom. The zero-order valence-electron chi connectivity index (χ0n) is 11.4. The molecular formula is C18H20O. The van der Waals surface area contributed by atoms with E-state index < -0.39 is 0 Å². The van der Waals surface area contributed by atoms with Crippen molar-refractivity contribution in [3.8, 4) is 5.75 Å². The molecule has 0 N–H and O–H groups in total. The van der Waals surface area contributed by atoms with E-state index in [1.165, 1.54) is 24.8 Å². The molecule has 0 bridgehead atoms. The molecule has 0 saturated heterocycles. The highest BCUT2D eigenvalue weighted by Crippen LogP contribution is 2.34. The molecule has 0 heterocycles. The number of ether oxygens (including phenoxy) is 1. The predicted molar refractivity (Wildman–Crippen MR) is 78.8 cm³/mol. The van der Waals surface area contributed by atoms with E-state index in [4.69, 9.17) is 4.74 Å². The van der Waals surface area contributed by atoms with Crippen LogP contribution in [-0.4, -0.2) is 7.11 Å². The molecular weight excluding hydrogens is 232 g/mol. The Hall–Kier alpha value is -1.76. The number of hydrogen-bond donors (Lipinski definition) is 0. The molecule has 0 aromatic heterocycles. The molecule has 0 unspecified atom stereocenters. The minimum atomic E-state index is 0.679. The van der Waals surface area contributed by atoms with Crippen LogP contribution >= 0.6 is 0 Å². The van der Waals surface area contributed by atoms with Crippen molar-refractivity contribution in [3.05, 3.63) is 65.2 Å². The van der Waals surface area contributed by atoms with Crippen LogP contribution in [0.1, 0.15) is 35.4 Å². The summed E-state index contributed by atoms with van der Waals surface area (Å²) >= 11 is 0. The lowest BCUT2D eigenvalue weighted by atomic mass is 9.80. The van der Waals surface area contributed by atoms with Gasteiger partial charge in [0.25, 0.3) is 0 Å². The number of methoxy groups -OCH3 is 1. The van der Waals surface area contributed by atoms with E-state index in [9.17, 15) is 0 Å². The van der Waals surface area contributed by atoms with Gasteiger partial charge in [-0.05, 0) is 60.4 Å². The molecule has 1 aliphatic rings. The molecule has 19 heavy (non-hydrogen) atoms. The van der Waals surface area contributed by atoms with E-state index in [-0.39, 0.29) is 0 Å². The van der Waals surface area contributed by atoms with Gasteiger partial charge in [0.1, 0.15) is 5.75 Å². The van der Waals surface area contributed by atoms with E-state index in [0.29, 0.717) is 5.92 Å². The van der Waals surface area contributed by atoms with Gasteiger partial charge in [0.15, 0.2) is 0 Å². The smallest absolute Gasteiger partial charge is 0.118 e. The van der Waals surface area contributed by atoms with Gasteiger partial charge in [0.2, 0.25) is 0 Å². The van der Waals surface area contributed by atoms with Crippen LogP contribution in [-0.2, 0) is 12.8 Å². The molecule has 1 atom stereocenters. The molecule has 2 aromatic rings. The second-order valence-corrected chi connectivity index (χ2v) is 5.34. The van der Waals surface area contributed by atoms with Crippen LogP contribution < -0.4 is 4.74 Å². The minimum absolute atomic E-state index is 0.679. The fraction of sp³-hybridized carbons (Fsp3) is 0.333. The van der Waals surface area contributed by atoms with Gasteiger partial charge in [-0.15, -0.1) is 0 Å². The zero-order valence-corrected chi connectivity index (χ0v) is 11.4. The van der Waals surface area contributed by atoms with Crippen LogP contribution in [0.4, 0.5) is 0 Å². The normalized spacial score (nSPS) is 17.8. The van der Waals surface area contributed by atoms with Crippen LogP contribution in [0.15, 0.2) is 48.5 Å². The topological polar surface area (TPSA) is 9.23 Å². The quantitative estimate of drug-likeness (QED) is 0.788. The van der Waals surface area contributed by atoms with Crippen LogP contribution in [0, 0.1) is 0 Å². The van der Waals surface area contributed by atoms with Crippen LogP contribution in [0.3, 0.4) is 0 Å². The van der Waals surface area contributed by atoms with Crippen molar-refractivity contribution in [2.45, 2.75) is 31.6 Å². The third-order valence-corrected chi connectivity index (χ3v) is 4.13. The largest absolute Gasteiger partial charge is 0.497 e. The summed E-state index contributed by atoms with van der Waals surface area (Å²) in [6.07, 6.45) is 5.01. The van der Waals surface area contributed by atoms with Crippen molar-refractivity contribution in [1.82, 2.24) is 0 Å². The standard InChI is InChI=1S/C18H20O/c1-19-17-11-9-14(10-12-17)13-16-7-4-6-15-5-2-3-8-18(15)16/h2-3,5,8-12,16H,4,6-7,13H2,1H3/t16-/m0/s1. The number of rotatable bonds is 3. The van der Waals surface area contributed by atoms with Gasteiger partial charge in [0, 0.05) is 0 Å². The van der Waals surface area contributed by atoms with Crippen molar-refractivity contribution in [3.63, 3.8) is 0 Å². The van der Waals surface area contributed by atoms with Crippen LogP contribution in [0.25, 0.3) is 0 Å². The summed E-state index contributed by atoms with van der Waals surface area (Å²) in [6.45, 7) is 0. The fourth-order valence-corrected chi connectivity index (χ4v) is 3.11. The lowest BCUT2D eigenvalue weighted by molar-refractivity contribution is 0.414. The highest BCUT2D eigenvalue weighted by Gasteiger charge is 2.19. The third-order valence-electron chi connectivity index (χ3n) is 4.13. The molecule has 1 aliphatic carbocycles. The highest BCUT2D eigenvalue weighted by atomic mass is 16.5. The lowest BCUT2D eigenvalue weighted by Crippen LogP contribution is -2.11. The van der Waals surface area contributed by atoms with E-state index in [2.05, 4.69) is 48.5 Å². The Morgan fingerprint density at radius 1 is 1.05 bits per heavy atom. The average Bonchev–Trinajstić information content (AvgIpc) is 2.48. The van der Waals surface area contributed by atoms with Crippen molar-refractivity contribution < 1.29 is 4.74 Å². The zero-order chi connectivity index (χ0) is 13.1. The summed E-state index contributed by atoms with van der Waals surface area (Å²) < 4.78 is 5.22. The van der Waals surface area contributed by atoms with Gasteiger partial charge in [0.05, 0.1) is 7.11 Å². The SMILES string of the molecule is COc1ccc(C[C@@H]2CCCc3ccccc32)cc1. The van der Waals surface area contributed by atoms with Gasteiger partial charge in [-0.2, -0.15) is 0 Å². The molecule has 0 saturated carbocycles. The number of fused-ring (bicyclic) bond motifs is 1. The molecule has 2 aromatic carbocycles. The average molecular weight is 252 g/mol. The molecule has 1 heteroatoms. The molecule has 0 spiro atoms. The molecule has 0 amide bonds. The summed E-state index contributed by atoms with van der Waals surface area (Å²) in [5.74, 6) is 1.62. The maximum absolute atomic E-state index is 5.22. The number of hydrogen-bond acceptors (Lipinski definition) is 1. The Labute approximate surface area is 115 Å². The molecule has 0 fully saturated rings. The summed E-state index contributed by atoms with van der Waals surface area (Å²) in [6, 6.07) is 17.4. The summed E-state index contributed by atoms with van der Waals surface area (Å²) in [5.41, 5.74) is 4.51. The molecule has 0 radical (unpaired) electrons. The fourth-order valence-electron chi connectivity index (χ4n) is 3.11. The summed E-state index contributed by atoms with van der Waals surface area (Å²) in [4.78, 5) is 0. The lowest BCUT2D eigenvalue weighted by Gasteiger charge is -2.25. The van der Waals surface area contributed by atoms with Gasteiger partial charge in [-0.3, -0.25) is 0 Å². The van der Waals surface area contributed by atoms with Crippen molar-refractivity contribution in [2.24, 2.45) is 0 Å². The van der Waals surface area contributed by atoms with E-state index >= 15 is 0 Å². The second kappa shape index (κ2) is 5.48. The molecule has 3 rings (SSSR count). The third kappa shape index (κ3) is 2.65. The van der Waals surface area contributed by atoms with Gasteiger partial charge < -0.3 is 4.74 Å². The first kappa shape index (κ1) is 12.3. The van der Waals surface area contributed by atoms with Crippen molar-refractivity contribution in [1.29, 1.82) is 0 Å². The first-order valence-corrected chi connectivity index (χ1v) is 7.07. The van der Waals surface area contributed by atoms with Gasteiger partial charge in [-0.1, -0.05) is 36.4 Å². The maximum atomic E-state index is 5.22. The van der Waals surface area contributed by atoms with Crippen LogP contribution in [0.5, 0.6) is 5.75 Å². The molecule has 98 valence electrons. The Bertz CT molecular complexity index is 542. The van der Waals surface area contributed by atoms with Crippen LogP contribution in [0.2, 0.25) is 0 Å². The molecule has 1 nitrogen and oxygen atoms in total. The summed E-state index contributed by atoms with van der Waals surface area (Å²) in [5, 5.41) is 0. The number of aryl methyl sites for hydroxylation is 1. The second-order valence-electron chi connectivity index (χ2n) is 5.34. The minimum Gasteiger partial charge on any atom is -0.497 e. The van der Waals surface area contributed by atoms with Crippen molar-refractivity contribution >= 4 is 0 Å². The summed E-state index contributed by atoms with van der Waals surface area (Å²) in [7, 11) is 1.71. The Kier molecular flexibility index (Phi) is 3.54. The Balaban J connectivity index is 1.80. The van der Waals surface area contributed by atoms with E-state index in [1.54, 1.807) is 18.2 Å². The predicted octanol–water partition coefficient (Wildman–Crippen LogP) is 4.36. The monoisotopic (exact) mass is 252 g/mol. The van der Waals surface area contributed by atoms with Gasteiger partial charge >= 0.3 is 0 Å². The highest BCUT2D eigenvalue weighted by molar-refractivity contribution is 5.35. The van der Waals surface area contributed by atoms with Gasteiger partial charge in [-0.25, -0.2) is 0 Å². The Morgan fingerprint density at radius 3 is 2.63 bits per heavy atom. The maximum Gasteiger partial charge on any atom is 0.118 e. The molecule has 0 aliphatic heterocycles. The first-order chi connectivity index (χ1) is 9.36. The van der Waals surface area contributed by atoms with Crippen molar-refractivity contribution in [2.75, 3.05) is 7.11 Å². The first-order valence-electron chi connectivity index (χ1n) is 7.07. The van der Waals surface area contributed by atoms with E-state index in [1.807, 2.05) is 0 Å². The van der Waals surface area contributed by atoms with E-state index in [0.717, 1.165) is 12.2 Å². The number of benzene rings is 2.